The minimum Gasteiger partial charge on any atom is -0.487 e. The molecule has 1 atom stereocenters. The number of hydrogen-bond donors (Lipinski definition) is 2. The Hall–Kier alpha value is -2.56. The van der Waals surface area contributed by atoms with Gasteiger partial charge in [0.15, 0.2) is 5.96 Å². The van der Waals surface area contributed by atoms with Gasteiger partial charge in [-0.3, -0.25) is 9.98 Å². The van der Waals surface area contributed by atoms with E-state index in [1.54, 1.807) is 6.20 Å². The number of para-hydroxylation sites is 1. The predicted molar refractivity (Wildman–Crippen MR) is 106 cm³/mol. The fourth-order valence-electron chi connectivity index (χ4n) is 3.26. The normalized spacial score (nSPS) is 18.6. The Kier molecular flexibility index (Phi) is 5.76. The first-order valence-corrected chi connectivity index (χ1v) is 9.29. The zero-order chi connectivity index (χ0) is 18.4. The Bertz CT molecular complexity index is 743. The van der Waals surface area contributed by atoms with Gasteiger partial charge in [0.1, 0.15) is 11.4 Å². The SMILES string of the molecule is CCNC(=NCCc1cccnc1)NC1CC(C)(C)Oc2ccccc21. The topological polar surface area (TPSA) is 58.5 Å². The van der Waals surface area contributed by atoms with Crippen molar-refractivity contribution in [1.29, 1.82) is 0 Å². The molecule has 0 aliphatic carbocycles. The van der Waals surface area contributed by atoms with Crippen molar-refractivity contribution in [2.45, 2.75) is 45.3 Å². The Morgan fingerprint density at radius 2 is 2.12 bits per heavy atom. The number of nitrogens with zero attached hydrogens (tertiary/aromatic N) is 2. The average molecular weight is 352 g/mol. The summed E-state index contributed by atoms with van der Waals surface area (Å²) in [5.74, 6) is 1.79. The molecule has 0 amide bonds. The second-order valence-corrected chi connectivity index (χ2v) is 7.17. The van der Waals surface area contributed by atoms with Gasteiger partial charge in [-0.05, 0) is 44.9 Å². The summed E-state index contributed by atoms with van der Waals surface area (Å²) in [6.45, 7) is 7.89. The fraction of sp³-hybridized carbons (Fsp3) is 0.429. The van der Waals surface area contributed by atoms with Crippen molar-refractivity contribution in [3.63, 3.8) is 0 Å². The summed E-state index contributed by atoms with van der Waals surface area (Å²) in [4.78, 5) is 8.91. The smallest absolute Gasteiger partial charge is 0.191 e. The Morgan fingerprint density at radius 3 is 2.88 bits per heavy atom. The highest BCUT2D eigenvalue weighted by Gasteiger charge is 2.33. The van der Waals surface area contributed by atoms with Crippen LogP contribution in [-0.4, -0.2) is 29.6 Å². The molecule has 138 valence electrons. The molecule has 0 fully saturated rings. The molecule has 1 aliphatic heterocycles. The number of aromatic nitrogens is 1. The Balaban J connectivity index is 1.72. The maximum Gasteiger partial charge on any atom is 0.191 e. The van der Waals surface area contributed by atoms with Gasteiger partial charge in [0.2, 0.25) is 0 Å². The molecular weight excluding hydrogens is 324 g/mol. The first-order valence-electron chi connectivity index (χ1n) is 9.29. The number of rotatable bonds is 5. The van der Waals surface area contributed by atoms with Crippen LogP contribution in [0.5, 0.6) is 5.75 Å². The van der Waals surface area contributed by atoms with Crippen LogP contribution in [0.1, 0.15) is 44.4 Å². The minimum atomic E-state index is -0.209. The lowest BCUT2D eigenvalue weighted by Gasteiger charge is -2.38. The number of fused-ring (bicyclic) bond motifs is 1. The van der Waals surface area contributed by atoms with Gasteiger partial charge in [-0.25, -0.2) is 0 Å². The second-order valence-electron chi connectivity index (χ2n) is 7.17. The summed E-state index contributed by atoms with van der Waals surface area (Å²) in [7, 11) is 0. The lowest BCUT2D eigenvalue weighted by molar-refractivity contribution is 0.0694. The van der Waals surface area contributed by atoms with Gasteiger partial charge >= 0.3 is 0 Å². The van der Waals surface area contributed by atoms with Gasteiger partial charge < -0.3 is 15.4 Å². The molecule has 1 aromatic heterocycles. The third-order valence-electron chi connectivity index (χ3n) is 4.42. The highest BCUT2D eigenvalue weighted by molar-refractivity contribution is 5.80. The molecule has 0 saturated heterocycles. The van der Waals surface area contributed by atoms with E-state index >= 15 is 0 Å². The lowest BCUT2D eigenvalue weighted by atomic mass is 9.90. The largest absolute Gasteiger partial charge is 0.487 e. The molecule has 26 heavy (non-hydrogen) atoms. The summed E-state index contributed by atoms with van der Waals surface area (Å²) in [6.07, 6.45) is 5.45. The molecule has 0 spiro atoms. The van der Waals surface area contributed by atoms with E-state index in [1.165, 1.54) is 11.1 Å². The van der Waals surface area contributed by atoms with Gasteiger partial charge in [-0.1, -0.05) is 24.3 Å². The van der Waals surface area contributed by atoms with E-state index in [2.05, 4.69) is 54.6 Å². The van der Waals surface area contributed by atoms with Crippen molar-refractivity contribution >= 4 is 5.96 Å². The molecule has 1 aliphatic rings. The van der Waals surface area contributed by atoms with Crippen LogP contribution in [0.25, 0.3) is 0 Å². The van der Waals surface area contributed by atoms with Crippen LogP contribution in [-0.2, 0) is 6.42 Å². The molecule has 0 bridgehead atoms. The van der Waals surface area contributed by atoms with Gasteiger partial charge in [0, 0.05) is 37.5 Å². The lowest BCUT2D eigenvalue weighted by Crippen LogP contribution is -2.45. The standard InChI is InChI=1S/C21H28N4O/c1-4-23-20(24-13-11-16-8-7-12-22-15-16)25-18-14-21(2,3)26-19-10-6-5-9-17(18)19/h5-10,12,15,18H,4,11,13-14H2,1-3H3,(H2,23,24,25). The van der Waals surface area contributed by atoms with Crippen molar-refractivity contribution in [3.05, 3.63) is 59.9 Å². The highest BCUT2D eigenvalue weighted by atomic mass is 16.5. The van der Waals surface area contributed by atoms with E-state index in [-0.39, 0.29) is 11.6 Å². The summed E-state index contributed by atoms with van der Waals surface area (Å²) in [6, 6.07) is 12.5. The summed E-state index contributed by atoms with van der Waals surface area (Å²) in [5.41, 5.74) is 2.17. The first kappa shape index (κ1) is 18.2. The van der Waals surface area contributed by atoms with E-state index in [9.17, 15) is 0 Å². The predicted octanol–water partition coefficient (Wildman–Crippen LogP) is 3.48. The van der Waals surface area contributed by atoms with Crippen LogP contribution in [0, 0.1) is 0 Å². The molecule has 2 heterocycles. The number of ether oxygens (including phenoxy) is 1. The molecule has 2 aromatic rings. The maximum atomic E-state index is 6.12. The summed E-state index contributed by atoms with van der Waals surface area (Å²) in [5, 5.41) is 6.96. The number of guanidine groups is 1. The number of benzene rings is 1. The number of pyridine rings is 1. The molecule has 5 heteroatoms. The van der Waals surface area contributed by atoms with E-state index in [0.29, 0.717) is 0 Å². The number of nitrogens with one attached hydrogen (secondary N) is 2. The second kappa shape index (κ2) is 8.21. The van der Waals surface area contributed by atoms with Gasteiger partial charge in [0.25, 0.3) is 0 Å². The molecule has 3 rings (SSSR count). The van der Waals surface area contributed by atoms with Gasteiger partial charge in [-0.2, -0.15) is 0 Å². The van der Waals surface area contributed by atoms with Crippen LogP contribution >= 0.6 is 0 Å². The zero-order valence-corrected chi connectivity index (χ0v) is 15.8. The first-order chi connectivity index (χ1) is 12.6. The highest BCUT2D eigenvalue weighted by Crippen LogP contribution is 2.39. The van der Waals surface area contributed by atoms with E-state index < -0.39 is 0 Å². The van der Waals surface area contributed by atoms with Crippen molar-refractivity contribution < 1.29 is 4.74 Å². The molecular formula is C21H28N4O. The van der Waals surface area contributed by atoms with E-state index in [1.807, 2.05) is 24.4 Å². The van der Waals surface area contributed by atoms with Crippen LogP contribution in [0.4, 0.5) is 0 Å². The molecule has 0 saturated carbocycles. The van der Waals surface area contributed by atoms with E-state index in [0.717, 1.165) is 37.6 Å². The summed E-state index contributed by atoms with van der Waals surface area (Å²) >= 11 is 0. The van der Waals surface area contributed by atoms with Crippen LogP contribution in [0.15, 0.2) is 53.8 Å². The molecule has 5 nitrogen and oxygen atoms in total. The van der Waals surface area contributed by atoms with Crippen molar-refractivity contribution in [2.24, 2.45) is 4.99 Å². The Labute approximate surface area is 155 Å². The van der Waals surface area contributed by atoms with Crippen LogP contribution in [0.2, 0.25) is 0 Å². The fourth-order valence-corrected chi connectivity index (χ4v) is 3.26. The third-order valence-corrected chi connectivity index (χ3v) is 4.42. The van der Waals surface area contributed by atoms with E-state index in [4.69, 9.17) is 9.73 Å². The third kappa shape index (κ3) is 4.75. The van der Waals surface area contributed by atoms with Gasteiger partial charge in [-0.15, -0.1) is 0 Å². The quantitative estimate of drug-likeness (QED) is 0.639. The minimum absolute atomic E-state index is 0.172. The monoisotopic (exact) mass is 352 g/mol. The maximum absolute atomic E-state index is 6.12. The Morgan fingerprint density at radius 1 is 1.27 bits per heavy atom. The van der Waals surface area contributed by atoms with Crippen LogP contribution < -0.4 is 15.4 Å². The van der Waals surface area contributed by atoms with Crippen molar-refractivity contribution in [3.8, 4) is 5.75 Å². The zero-order valence-electron chi connectivity index (χ0n) is 15.8. The van der Waals surface area contributed by atoms with Crippen LogP contribution in [0.3, 0.4) is 0 Å². The number of hydrogen-bond acceptors (Lipinski definition) is 3. The van der Waals surface area contributed by atoms with Gasteiger partial charge in [0.05, 0.1) is 6.04 Å². The number of aliphatic imine (C=N–C) groups is 1. The molecule has 2 N–H and O–H groups in total. The average Bonchev–Trinajstić information content (AvgIpc) is 2.62. The molecule has 1 aromatic carbocycles. The van der Waals surface area contributed by atoms with Crippen molar-refractivity contribution in [1.82, 2.24) is 15.6 Å². The molecule has 0 radical (unpaired) electrons. The molecule has 1 unspecified atom stereocenters. The van der Waals surface area contributed by atoms with Crippen molar-refractivity contribution in [2.75, 3.05) is 13.1 Å². The summed E-state index contributed by atoms with van der Waals surface area (Å²) < 4.78 is 6.12.